The quantitative estimate of drug-likeness (QED) is 0.796. The third kappa shape index (κ3) is 4.46. The molecule has 0 radical (unpaired) electrons. The number of carbonyl (C=O) groups excluding carboxylic acids is 1. The van der Waals surface area contributed by atoms with E-state index in [9.17, 15) is 9.18 Å². The van der Waals surface area contributed by atoms with E-state index in [0.717, 1.165) is 24.4 Å². The van der Waals surface area contributed by atoms with Crippen LogP contribution in [0.5, 0.6) is 0 Å². The van der Waals surface area contributed by atoms with Gasteiger partial charge in [0.25, 0.3) is 5.91 Å². The Bertz CT molecular complexity index is 748. The maximum absolute atomic E-state index is 13.3. The second-order valence-corrected chi connectivity index (χ2v) is 6.17. The number of rotatable bonds is 5. The second-order valence-electron chi connectivity index (χ2n) is 6.17. The molecule has 1 aliphatic heterocycles. The zero-order chi connectivity index (χ0) is 17.2. The number of ether oxygens (including phenoxy) is 1. The largest absolute Gasteiger partial charge is 0.368 e. The predicted molar refractivity (Wildman–Crippen MR) is 104 cm³/mol. The molecule has 1 aromatic carbocycles. The summed E-state index contributed by atoms with van der Waals surface area (Å²) in [6.07, 6.45) is 1.92. The first-order chi connectivity index (χ1) is 11.6. The monoisotopic (exact) mass is 406 g/mol. The zero-order valence-electron chi connectivity index (χ0n) is 14.9. The maximum Gasteiger partial charge on any atom is 0.252 e. The molecule has 2 N–H and O–H groups in total. The number of aromatic nitrogens is 2. The molecule has 0 spiro atoms. The lowest BCUT2D eigenvalue weighted by Gasteiger charge is -2.34. The van der Waals surface area contributed by atoms with Crippen LogP contribution < -0.4 is 10.6 Å². The first-order valence-electron chi connectivity index (χ1n) is 8.21. The molecule has 1 amide bonds. The van der Waals surface area contributed by atoms with E-state index in [1.807, 2.05) is 11.6 Å². The summed E-state index contributed by atoms with van der Waals surface area (Å²) in [7, 11) is 3.48. The van der Waals surface area contributed by atoms with E-state index in [1.165, 1.54) is 12.1 Å². The van der Waals surface area contributed by atoms with Gasteiger partial charge in [-0.1, -0.05) is 0 Å². The molecule has 0 unspecified atom stereocenters. The molecular formula is C17H25Cl2FN4O2. The number of aryl methyl sites for hydroxylation is 1. The maximum atomic E-state index is 13.3. The highest BCUT2D eigenvalue weighted by molar-refractivity contribution is 5.86. The molecule has 1 aromatic heterocycles. The highest BCUT2D eigenvalue weighted by atomic mass is 35.5. The fourth-order valence-electron chi connectivity index (χ4n) is 3.25. The van der Waals surface area contributed by atoms with Gasteiger partial charge < -0.3 is 19.9 Å². The molecule has 0 bridgehead atoms. The van der Waals surface area contributed by atoms with Crippen LogP contribution in [-0.4, -0.2) is 47.8 Å². The Labute approximate surface area is 164 Å². The van der Waals surface area contributed by atoms with Gasteiger partial charge in [-0.3, -0.25) is 4.79 Å². The Hall–Kier alpha value is -1.41. The topological polar surface area (TPSA) is 68.2 Å². The smallest absolute Gasteiger partial charge is 0.252 e. The molecule has 2 heterocycles. The molecule has 9 heteroatoms. The highest BCUT2D eigenvalue weighted by Gasteiger charge is 2.39. The lowest BCUT2D eigenvalue weighted by Crippen LogP contribution is -2.54. The summed E-state index contributed by atoms with van der Waals surface area (Å²) >= 11 is 0. The SMILES string of the molecule is COC1(C(=O)NCCc2nc3cc(F)ccc3n2C)CCNCC1.Cl.Cl. The standard InChI is InChI=1S/C17H23FN4O2.2ClH/c1-22-14-4-3-12(18)11-13(14)21-15(22)5-8-20-16(23)17(24-2)6-9-19-10-7-17;;/h3-4,11,19H,5-10H2,1-2H3,(H,20,23);2*1H. The molecular weight excluding hydrogens is 382 g/mol. The molecule has 0 saturated carbocycles. The Morgan fingerprint density at radius 3 is 2.73 bits per heavy atom. The molecule has 1 aliphatic rings. The number of hydrogen-bond donors (Lipinski definition) is 2. The van der Waals surface area contributed by atoms with Crippen molar-refractivity contribution in [2.45, 2.75) is 24.9 Å². The van der Waals surface area contributed by atoms with Crippen LogP contribution in [0.25, 0.3) is 11.0 Å². The fourth-order valence-corrected chi connectivity index (χ4v) is 3.25. The van der Waals surface area contributed by atoms with E-state index in [-0.39, 0.29) is 36.5 Å². The van der Waals surface area contributed by atoms with Crippen LogP contribution in [-0.2, 0) is 23.0 Å². The third-order valence-corrected chi connectivity index (χ3v) is 4.79. The van der Waals surface area contributed by atoms with Gasteiger partial charge in [0, 0.05) is 33.2 Å². The molecule has 1 saturated heterocycles. The number of methoxy groups -OCH3 is 1. The minimum Gasteiger partial charge on any atom is -0.368 e. The van der Waals surface area contributed by atoms with Gasteiger partial charge in [-0.2, -0.15) is 0 Å². The van der Waals surface area contributed by atoms with Gasteiger partial charge in [0.15, 0.2) is 0 Å². The summed E-state index contributed by atoms with van der Waals surface area (Å²) in [4.78, 5) is 17.0. The van der Waals surface area contributed by atoms with Crippen molar-refractivity contribution in [3.05, 3.63) is 29.8 Å². The average molecular weight is 407 g/mol. The molecule has 3 rings (SSSR count). The highest BCUT2D eigenvalue weighted by Crippen LogP contribution is 2.22. The summed E-state index contributed by atoms with van der Waals surface area (Å²) in [5.41, 5.74) is 0.774. The minimum absolute atomic E-state index is 0. The minimum atomic E-state index is -0.735. The third-order valence-electron chi connectivity index (χ3n) is 4.79. The van der Waals surface area contributed by atoms with Crippen molar-refractivity contribution in [3.63, 3.8) is 0 Å². The average Bonchev–Trinajstić information content (AvgIpc) is 2.90. The van der Waals surface area contributed by atoms with Crippen molar-refractivity contribution < 1.29 is 13.9 Å². The van der Waals surface area contributed by atoms with Gasteiger partial charge >= 0.3 is 0 Å². The van der Waals surface area contributed by atoms with E-state index >= 15 is 0 Å². The van der Waals surface area contributed by atoms with E-state index in [1.54, 1.807) is 13.2 Å². The van der Waals surface area contributed by atoms with E-state index in [2.05, 4.69) is 15.6 Å². The molecule has 146 valence electrons. The van der Waals surface area contributed by atoms with Crippen LogP contribution in [0.1, 0.15) is 18.7 Å². The molecule has 2 aromatic rings. The number of hydrogen-bond acceptors (Lipinski definition) is 4. The van der Waals surface area contributed by atoms with Crippen LogP contribution >= 0.6 is 24.8 Å². The second kappa shape index (κ2) is 9.50. The van der Waals surface area contributed by atoms with Gasteiger partial charge in [-0.05, 0) is 38.1 Å². The molecule has 1 fully saturated rings. The van der Waals surface area contributed by atoms with Gasteiger partial charge in [0.05, 0.1) is 11.0 Å². The Morgan fingerprint density at radius 2 is 2.08 bits per heavy atom. The first kappa shape index (κ1) is 22.6. The zero-order valence-corrected chi connectivity index (χ0v) is 16.5. The fraction of sp³-hybridized carbons (Fsp3) is 0.529. The number of piperidine rings is 1. The number of amides is 1. The number of halogens is 3. The Balaban J connectivity index is 0.00000169. The molecule has 26 heavy (non-hydrogen) atoms. The van der Waals surface area contributed by atoms with Gasteiger partial charge in [0.1, 0.15) is 17.2 Å². The van der Waals surface area contributed by atoms with Crippen molar-refractivity contribution in [3.8, 4) is 0 Å². The van der Waals surface area contributed by atoms with Crippen LogP contribution in [0.15, 0.2) is 18.2 Å². The molecule has 0 aliphatic carbocycles. The Kier molecular flexibility index (Phi) is 8.27. The van der Waals surface area contributed by atoms with Gasteiger partial charge in [-0.15, -0.1) is 24.8 Å². The predicted octanol–water partition coefficient (Wildman–Crippen LogP) is 1.98. The number of nitrogens with one attached hydrogen (secondary N) is 2. The van der Waals surface area contributed by atoms with Crippen molar-refractivity contribution in [1.29, 1.82) is 0 Å². The molecule has 6 nitrogen and oxygen atoms in total. The van der Waals surface area contributed by atoms with Crippen LogP contribution in [0.2, 0.25) is 0 Å². The number of nitrogens with zero attached hydrogens (tertiary/aromatic N) is 2. The van der Waals surface area contributed by atoms with Crippen LogP contribution in [0, 0.1) is 5.82 Å². The summed E-state index contributed by atoms with van der Waals surface area (Å²) in [6, 6.07) is 4.57. The lowest BCUT2D eigenvalue weighted by molar-refractivity contribution is -0.146. The summed E-state index contributed by atoms with van der Waals surface area (Å²) < 4.78 is 20.7. The van der Waals surface area contributed by atoms with Gasteiger partial charge in [-0.25, -0.2) is 9.37 Å². The number of carbonyl (C=O) groups is 1. The van der Waals surface area contributed by atoms with Crippen LogP contribution in [0.4, 0.5) is 4.39 Å². The van der Waals surface area contributed by atoms with E-state index < -0.39 is 5.60 Å². The van der Waals surface area contributed by atoms with Crippen molar-refractivity contribution in [2.24, 2.45) is 7.05 Å². The number of imidazole rings is 1. The van der Waals surface area contributed by atoms with E-state index in [4.69, 9.17) is 4.74 Å². The number of fused-ring (bicyclic) bond motifs is 1. The Morgan fingerprint density at radius 1 is 1.38 bits per heavy atom. The summed E-state index contributed by atoms with van der Waals surface area (Å²) in [5.74, 6) is 0.442. The van der Waals surface area contributed by atoms with Crippen molar-refractivity contribution in [2.75, 3.05) is 26.7 Å². The normalized spacial score (nSPS) is 15.8. The van der Waals surface area contributed by atoms with Crippen molar-refractivity contribution in [1.82, 2.24) is 20.2 Å². The molecule has 0 atom stereocenters. The van der Waals surface area contributed by atoms with E-state index in [0.29, 0.717) is 31.3 Å². The first-order valence-corrected chi connectivity index (χ1v) is 8.21. The number of benzene rings is 1. The van der Waals surface area contributed by atoms with Crippen molar-refractivity contribution >= 4 is 41.8 Å². The lowest BCUT2D eigenvalue weighted by atomic mass is 9.91. The summed E-state index contributed by atoms with van der Waals surface area (Å²) in [6.45, 7) is 2.02. The van der Waals surface area contributed by atoms with Crippen LogP contribution in [0.3, 0.4) is 0 Å². The van der Waals surface area contributed by atoms with Gasteiger partial charge in [0.2, 0.25) is 0 Å². The summed E-state index contributed by atoms with van der Waals surface area (Å²) in [5, 5.41) is 6.19.